The minimum atomic E-state index is -0.803. The van der Waals surface area contributed by atoms with Crippen molar-refractivity contribution in [3.63, 3.8) is 0 Å². The average Bonchev–Trinajstić information content (AvgIpc) is 2.43. The summed E-state index contributed by atoms with van der Waals surface area (Å²) in [7, 11) is 0. The second kappa shape index (κ2) is 6.29. The number of benzene rings is 1. The summed E-state index contributed by atoms with van der Waals surface area (Å²) in [5.41, 5.74) is -0.187. The van der Waals surface area contributed by atoms with Crippen molar-refractivity contribution in [2.45, 2.75) is 30.3 Å². The van der Waals surface area contributed by atoms with Crippen LogP contribution < -0.4 is 0 Å². The largest absolute Gasteiger partial charge is 0.388 e. The minimum absolute atomic E-state index is 0.0639. The highest BCUT2D eigenvalue weighted by Gasteiger charge is 2.31. The lowest BCUT2D eigenvalue weighted by molar-refractivity contribution is -0.0108. The molecular formula is C15H18N2O2S. The van der Waals surface area contributed by atoms with Gasteiger partial charge in [-0.1, -0.05) is 12.1 Å². The number of thioether (sulfide) groups is 1. The van der Waals surface area contributed by atoms with E-state index in [4.69, 9.17) is 5.26 Å². The van der Waals surface area contributed by atoms with Gasteiger partial charge in [-0.2, -0.15) is 5.26 Å². The molecule has 4 nitrogen and oxygen atoms in total. The fourth-order valence-electron chi connectivity index (χ4n) is 2.44. The third-order valence-corrected chi connectivity index (χ3v) is 4.31. The number of aliphatic hydroxyl groups is 1. The van der Waals surface area contributed by atoms with Gasteiger partial charge in [0.2, 0.25) is 0 Å². The van der Waals surface area contributed by atoms with E-state index in [0.717, 1.165) is 17.7 Å². The molecule has 0 aromatic heterocycles. The number of carbonyl (C=O) groups is 1. The van der Waals surface area contributed by atoms with Gasteiger partial charge in [-0.15, -0.1) is 11.8 Å². The highest BCUT2D eigenvalue weighted by molar-refractivity contribution is 7.99. The molecule has 0 spiro atoms. The lowest BCUT2D eigenvalue weighted by Gasteiger charge is -2.37. The number of amides is 1. The molecule has 0 bridgehead atoms. The van der Waals surface area contributed by atoms with E-state index in [9.17, 15) is 9.90 Å². The molecule has 2 rings (SSSR count). The molecule has 0 saturated carbocycles. The Bertz CT molecular complexity index is 537. The topological polar surface area (TPSA) is 64.3 Å². The second-order valence-corrected chi connectivity index (χ2v) is 6.29. The van der Waals surface area contributed by atoms with Crippen molar-refractivity contribution in [3.8, 4) is 6.07 Å². The smallest absolute Gasteiger partial charge is 0.255 e. The minimum Gasteiger partial charge on any atom is -0.388 e. The van der Waals surface area contributed by atoms with Crippen LogP contribution in [-0.4, -0.2) is 40.4 Å². The third-order valence-electron chi connectivity index (χ3n) is 3.37. The molecule has 0 radical (unpaired) electrons. The van der Waals surface area contributed by atoms with Gasteiger partial charge in [-0.05, 0) is 31.9 Å². The van der Waals surface area contributed by atoms with Crippen molar-refractivity contribution < 1.29 is 9.90 Å². The normalized spacial score (nSPS) is 22.4. The van der Waals surface area contributed by atoms with Gasteiger partial charge in [0.25, 0.3) is 5.91 Å². The number of rotatable bonds is 3. The van der Waals surface area contributed by atoms with Crippen LogP contribution in [0.15, 0.2) is 29.2 Å². The van der Waals surface area contributed by atoms with E-state index in [0.29, 0.717) is 24.4 Å². The number of hydrogen-bond donors (Lipinski definition) is 1. The van der Waals surface area contributed by atoms with Crippen LogP contribution in [0, 0.1) is 11.3 Å². The number of nitriles is 1. The summed E-state index contributed by atoms with van der Waals surface area (Å²) in [5.74, 6) is 0.258. The van der Waals surface area contributed by atoms with Gasteiger partial charge in [-0.3, -0.25) is 4.79 Å². The lowest BCUT2D eigenvalue weighted by Crippen LogP contribution is -2.48. The van der Waals surface area contributed by atoms with E-state index in [1.165, 1.54) is 11.8 Å². The third kappa shape index (κ3) is 3.53. The van der Waals surface area contributed by atoms with Crippen LogP contribution in [0.3, 0.4) is 0 Å². The Kier molecular flexibility index (Phi) is 4.69. The summed E-state index contributed by atoms with van der Waals surface area (Å²) < 4.78 is 0. The van der Waals surface area contributed by atoms with Crippen molar-refractivity contribution >= 4 is 17.7 Å². The molecule has 1 amide bonds. The van der Waals surface area contributed by atoms with E-state index < -0.39 is 5.60 Å². The SMILES string of the molecule is CC1(O)CCCN(C(=O)c2ccccc2SCC#N)C1. The van der Waals surface area contributed by atoms with Gasteiger partial charge in [0.05, 0.1) is 23.0 Å². The standard InChI is InChI=1S/C15H18N2O2S/c1-15(19)7-4-9-17(11-15)14(18)12-5-2-3-6-13(12)20-10-8-16/h2-3,5-6,19H,4,7,9-11H2,1H3. The van der Waals surface area contributed by atoms with Gasteiger partial charge in [0, 0.05) is 18.0 Å². The number of carbonyl (C=O) groups excluding carboxylic acids is 1. The van der Waals surface area contributed by atoms with E-state index in [-0.39, 0.29) is 5.91 Å². The van der Waals surface area contributed by atoms with Crippen LogP contribution in [0.2, 0.25) is 0 Å². The maximum Gasteiger partial charge on any atom is 0.255 e. The zero-order valence-electron chi connectivity index (χ0n) is 11.5. The monoisotopic (exact) mass is 290 g/mol. The zero-order chi connectivity index (χ0) is 14.6. The highest BCUT2D eigenvalue weighted by atomic mass is 32.2. The molecule has 1 saturated heterocycles. The van der Waals surface area contributed by atoms with Crippen LogP contribution in [0.5, 0.6) is 0 Å². The molecule has 0 aliphatic carbocycles. The number of β-amino-alcohol motifs (C(OH)–C–C–N with tert-alkyl or cyclic N) is 1. The molecule has 1 aromatic rings. The zero-order valence-corrected chi connectivity index (χ0v) is 12.3. The molecular weight excluding hydrogens is 272 g/mol. The van der Waals surface area contributed by atoms with Gasteiger partial charge in [0.1, 0.15) is 0 Å². The molecule has 106 valence electrons. The van der Waals surface area contributed by atoms with Gasteiger partial charge < -0.3 is 10.0 Å². The van der Waals surface area contributed by atoms with E-state index in [1.54, 1.807) is 17.9 Å². The van der Waals surface area contributed by atoms with Crippen LogP contribution in [0.4, 0.5) is 0 Å². The molecule has 1 N–H and O–H groups in total. The maximum absolute atomic E-state index is 12.6. The van der Waals surface area contributed by atoms with E-state index in [2.05, 4.69) is 6.07 Å². The van der Waals surface area contributed by atoms with E-state index >= 15 is 0 Å². The Hall–Kier alpha value is -1.51. The fraction of sp³-hybridized carbons (Fsp3) is 0.467. The summed E-state index contributed by atoms with van der Waals surface area (Å²) in [6.07, 6.45) is 1.54. The first kappa shape index (κ1) is 14.9. The average molecular weight is 290 g/mol. The van der Waals surface area contributed by atoms with E-state index in [1.807, 2.05) is 18.2 Å². The first-order valence-electron chi connectivity index (χ1n) is 6.64. The number of likely N-dealkylation sites (tertiary alicyclic amines) is 1. The quantitative estimate of drug-likeness (QED) is 0.868. The molecule has 1 aliphatic heterocycles. The molecule has 1 aromatic carbocycles. The molecule has 1 unspecified atom stereocenters. The molecule has 1 atom stereocenters. The molecule has 20 heavy (non-hydrogen) atoms. The Morgan fingerprint density at radius 1 is 1.55 bits per heavy atom. The Morgan fingerprint density at radius 2 is 2.30 bits per heavy atom. The van der Waals surface area contributed by atoms with Crippen molar-refractivity contribution in [2.24, 2.45) is 0 Å². The lowest BCUT2D eigenvalue weighted by atomic mass is 9.94. The second-order valence-electron chi connectivity index (χ2n) is 5.27. The van der Waals surface area contributed by atoms with Gasteiger partial charge in [-0.25, -0.2) is 0 Å². The first-order chi connectivity index (χ1) is 9.53. The predicted octanol–water partition coefficient (Wildman–Crippen LogP) is 2.29. The van der Waals surface area contributed by atoms with Crippen molar-refractivity contribution in [1.29, 1.82) is 5.26 Å². The number of piperidine rings is 1. The first-order valence-corrected chi connectivity index (χ1v) is 7.62. The highest BCUT2D eigenvalue weighted by Crippen LogP contribution is 2.26. The van der Waals surface area contributed by atoms with Crippen molar-refractivity contribution in [2.75, 3.05) is 18.8 Å². The summed E-state index contributed by atoms with van der Waals surface area (Å²) in [6.45, 7) is 2.80. The molecule has 5 heteroatoms. The maximum atomic E-state index is 12.6. The Balaban J connectivity index is 2.18. The van der Waals surface area contributed by atoms with Crippen molar-refractivity contribution in [1.82, 2.24) is 4.90 Å². The fourth-order valence-corrected chi connectivity index (χ4v) is 3.15. The van der Waals surface area contributed by atoms with Gasteiger partial charge >= 0.3 is 0 Å². The van der Waals surface area contributed by atoms with Gasteiger partial charge in [0.15, 0.2) is 0 Å². The van der Waals surface area contributed by atoms with Crippen molar-refractivity contribution in [3.05, 3.63) is 29.8 Å². The Morgan fingerprint density at radius 3 is 3.00 bits per heavy atom. The Labute approximate surface area is 123 Å². The summed E-state index contributed by atoms with van der Waals surface area (Å²) in [4.78, 5) is 15.1. The van der Waals surface area contributed by atoms with Crippen LogP contribution >= 0.6 is 11.8 Å². The van der Waals surface area contributed by atoms with Crippen LogP contribution in [-0.2, 0) is 0 Å². The van der Waals surface area contributed by atoms with Crippen LogP contribution in [0.25, 0.3) is 0 Å². The predicted molar refractivity (Wildman–Crippen MR) is 78.5 cm³/mol. The van der Waals surface area contributed by atoms with Crippen LogP contribution in [0.1, 0.15) is 30.1 Å². The summed E-state index contributed by atoms with van der Waals surface area (Å²) in [6, 6.07) is 9.40. The summed E-state index contributed by atoms with van der Waals surface area (Å²) >= 11 is 1.37. The number of hydrogen-bond acceptors (Lipinski definition) is 4. The molecule has 1 aliphatic rings. The molecule has 1 fully saturated rings. The molecule has 1 heterocycles. The number of nitrogens with zero attached hydrogens (tertiary/aromatic N) is 2. The summed E-state index contributed by atoms with van der Waals surface area (Å²) in [5, 5.41) is 18.8.